The van der Waals surface area contributed by atoms with E-state index in [9.17, 15) is 22.8 Å². The normalized spacial score (nSPS) is 11.0. The van der Waals surface area contributed by atoms with Gasteiger partial charge >= 0.3 is 12.1 Å². The third kappa shape index (κ3) is 6.37. The van der Waals surface area contributed by atoms with Crippen LogP contribution in [0.5, 0.6) is 0 Å². The number of rotatable bonds is 5. The predicted molar refractivity (Wildman–Crippen MR) is 93.9 cm³/mol. The Morgan fingerprint density at radius 2 is 1.60 bits per heavy atom. The van der Waals surface area contributed by atoms with E-state index >= 15 is 0 Å². The number of benzene rings is 2. The second-order valence-corrected chi connectivity index (χ2v) is 6.33. The van der Waals surface area contributed by atoms with Crippen molar-refractivity contribution in [3.8, 4) is 0 Å². The molecule has 1 N–H and O–H groups in total. The molecule has 0 unspecified atom stereocenters. The standard InChI is InChI=1S/C17H13F3INO3/c18-17(19,20)12-3-1-11(2-4-12)9-16(24)25-10-15(23)22-14-7-5-13(21)6-8-14/h1-8H,9-10H2,(H,22,23). The molecule has 2 aromatic rings. The lowest BCUT2D eigenvalue weighted by atomic mass is 10.1. The number of alkyl halides is 3. The fourth-order valence-corrected chi connectivity index (χ4v) is 2.27. The van der Waals surface area contributed by atoms with Crippen LogP contribution in [0.3, 0.4) is 0 Å². The van der Waals surface area contributed by atoms with Crippen molar-refractivity contribution in [2.75, 3.05) is 11.9 Å². The van der Waals surface area contributed by atoms with Gasteiger partial charge in [-0.1, -0.05) is 12.1 Å². The summed E-state index contributed by atoms with van der Waals surface area (Å²) in [5.41, 5.74) is 0.154. The first-order valence-electron chi connectivity index (χ1n) is 7.11. The smallest absolute Gasteiger partial charge is 0.416 e. The van der Waals surface area contributed by atoms with Gasteiger partial charge in [-0.25, -0.2) is 0 Å². The largest absolute Gasteiger partial charge is 0.455 e. The molecule has 0 saturated heterocycles. The molecular formula is C17H13F3INO3. The maximum Gasteiger partial charge on any atom is 0.416 e. The third-order valence-corrected chi connectivity index (χ3v) is 3.84. The Morgan fingerprint density at radius 1 is 1.00 bits per heavy atom. The van der Waals surface area contributed by atoms with Crippen molar-refractivity contribution in [2.45, 2.75) is 12.6 Å². The maximum absolute atomic E-state index is 12.5. The second kappa shape index (κ2) is 8.32. The number of hydrogen-bond acceptors (Lipinski definition) is 3. The van der Waals surface area contributed by atoms with Crippen LogP contribution in [0.2, 0.25) is 0 Å². The van der Waals surface area contributed by atoms with E-state index < -0.39 is 30.2 Å². The van der Waals surface area contributed by atoms with Gasteiger partial charge in [-0.3, -0.25) is 9.59 Å². The van der Waals surface area contributed by atoms with Gasteiger partial charge < -0.3 is 10.1 Å². The average Bonchev–Trinajstić information content (AvgIpc) is 2.55. The van der Waals surface area contributed by atoms with E-state index in [1.165, 1.54) is 12.1 Å². The summed E-state index contributed by atoms with van der Waals surface area (Å²) in [5, 5.41) is 2.57. The van der Waals surface area contributed by atoms with Crippen molar-refractivity contribution in [1.82, 2.24) is 0 Å². The zero-order chi connectivity index (χ0) is 18.4. The minimum Gasteiger partial charge on any atom is -0.455 e. The lowest BCUT2D eigenvalue weighted by molar-refractivity contribution is -0.146. The van der Waals surface area contributed by atoms with Gasteiger partial charge in [0.1, 0.15) is 0 Å². The minimum atomic E-state index is -4.42. The molecule has 2 rings (SSSR count). The molecule has 0 aliphatic rings. The lowest BCUT2D eigenvalue weighted by Gasteiger charge is -2.08. The van der Waals surface area contributed by atoms with Crippen molar-refractivity contribution in [1.29, 1.82) is 0 Å². The molecule has 0 radical (unpaired) electrons. The summed E-state index contributed by atoms with van der Waals surface area (Å²) in [6.07, 6.45) is -4.64. The Morgan fingerprint density at radius 3 is 2.16 bits per heavy atom. The highest BCUT2D eigenvalue weighted by Gasteiger charge is 2.30. The van der Waals surface area contributed by atoms with Crippen molar-refractivity contribution in [3.63, 3.8) is 0 Å². The van der Waals surface area contributed by atoms with Crippen molar-refractivity contribution < 1.29 is 27.5 Å². The third-order valence-electron chi connectivity index (χ3n) is 3.12. The molecule has 1 amide bonds. The van der Waals surface area contributed by atoms with Gasteiger partial charge in [0.05, 0.1) is 12.0 Å². The molecule has 0 aliphatic carbocycles. The van der Waals surface area contributed by atoms with Gasteiger partial charge in [-0.05, 0) is 64.6 Å². The zero-order valence-electron chi connectivity index (χ0n) is 12.8. The number of anilines is 1. The van der Waals surface area contributed by atoms with E-state index in [0.29, 0.717) is 11.3 Å². The van der Waals surface area contributed by atoms with E-state index in [4.69, 9.17) is 4.74 Å². The molecule has 0 bridgehead atoms. The highest BCUT2D eigenvalue weighted by atomic mass is 127. The summed E-state index contributed by atoms with van der Waals surface area (Å²) in [6.45, 7) is -0.467. The van der Waals surface area contributed by atoms with E-state index in [1.54, 1.807) is 12.1 Å². The first-order chi connectivity index (χ1) is 11.7. The molecule has 2 aromatic carbocycles. The van der Waals surface area contributed by atoms with Crippen LogP contribution in [0.15, 0.2) is 48.5 Å². The number of halogens is 4. The summed E-state index contributed by atoms with van der Waals surface area (Å²) < 4.78 is 43.2. The van der Waals surface area contributed by atoms with E-state index in [2.05, 4.69) is 27.9 Å². The van der Waals surface area contributed by atoms with Gasteiger partial charge in [0, 0.05) is 9.26 Å². The molecule has 4 nitrogen and oxygen atoms in total. The van der Waals surface area contributed by atoms with Crippen LogP contribution in [-0.2, 0) is 26.9 Å². The molecule has 0 aliphatic heterocycles. The Labute approximate surface area is 155 Å². The molecule has 25 heavy (non-hydrogen) atoms. The molecule has 8 heteroatoms. The van der Waals surface area contributed by atoms with Gasteiger partial charge in [0.25, 0.3) is 5.91 Å². The molecule has 0 heterocycles. The summed E-state index contributed by atoms with van der Waals surface area (Å²) >= 11 is 2.13. The van der Waals surface area contributed by atoms with E-state index in [0.717, 1.165) is 15.7 Å². The predicted octanol–water partition coefficient (Wildman–Crippen LogP) is 4.03. The minimum absolute atomic E-state index is 0.213. The van der Waals surface area contributed by atoms with E-state index in [-0.39, 0.29) is 6.42 Å². The highest BCUT2D eigenvalue weighted by molar-refractivity contribution is 14.1. The van der Waals surface area contributed by atoms with Crippen LogP contribution in [-0.4, -0.2) is 18.5 Å². The van der Waals surface area contributed by atoms with Crippen molar-refractivity contribution in [3.05, 3.63) is 63.2 Å². The fourth-order valence-electron chi connectivity index (χ4n) is 1.91. The number of amides is 1. The molecule has 0 fully saturated rings. The van der Waals surface area contributed by atoms with Crippen LogP contribution in [0.4, 0.5) is 18.9 Å². The van der Waals surface area contributed by atoms with Crippen LogP contribution in [0, 0.1) is 3.57 Å². The Hall–Kier alpha value is -2.10. The van der Waals surface area contributed by atoms with Crippen LogP contribution >= 0.6 is 22.6 Å². The number of ether oxygens (including phenoxy) is 1. The highest BCUT2D eigenvalue weighted by Crippen LogP contribution is 2.29. The second-order valence-electron chi connectivity index (χ2n) is 5.09. The van der Waals surface area contributed by atoms with Crippen LogP contribution in [0.25, 0.3) is 0 Å². The molecule has 0 atom stereocenters. The summed E-state index contributed by atoms with van der Waals surface area (Å²) in [4.78, 5) is 23.4. The van der Waals surface area contributed by atoms with Crippen molar-refractivity contribution in [2.24, 2.45) is 0 Å². The molecule has 0 saturated carbocycles. The van der Waals surface area contributed by atoms with Gasteiger partial charge in [0.2, 0.25) is 0 Å². The number of carbonyl (C=O) groups excluding carboxylic acids is 2. The Balaban J connectivity index is 1.80. The summed E-state index contributed by atoms with van der Waals surface area (Å²) in [6, 6.07) is 11.2. The Bertz CT molecular complexity index is 743. The number of hydrogen-bond donors (Lipinski definition) is 1. The Kier molecular flexibility index (Phi) is 6.40. The quantitative estimate of drug-likeness (QED) is 0.539. The van der Waals surface area contributed by atoms with Crippen LogP contribution < -0.4 is 5.32 Å². The topological polar surface area (TPSA) is 55.4 Å². The molecular weight excluding hydrogens is 450 g/mol. The van der Waals surface area contributed by atoms with Crippen molar-refractivity contribution >= 4 is 40.2 Å². The summed E-state index contributed by atoms with van der Waals surface area (Å²) in [7, 11) is 0. The summed E-state index contributed by atoms with van der Waals surface area (Å²) in [5.74, 6) is -1.19. The lowest BCUT2D eigenvalue weighted by Crippen LogP contribution is -2.21. The van der Waals surface area contributed by atoms with E-state index in [1.807, 2.05) is 12.1 Å². The monoisotopic (exact) mass is 463 g/mol. The van der Waals surface area contributed by atoms with Gasteiger partial charge in [-0.2, -0.15) is 13.2 Å². The number of carbonyl (C=O) groups is 2. The molecule has 132 valence electrons. The van der Waals surface area contributed by atoms with Gasteiger partial charge in [0.15, 0.2) is 6.61 Å². The number of nitrogens with one attached hydrogen (secondary N) is 1. The zero-order valence-corrected chi connectivity index (χ0v) is 14.9. The average molecular weight is 463 g/mol. The van der Waals surface area contributed by atoms with Crippen LogP contribution in [0.1, 0.15) is 11.1 Å². The van der Waals surface area contributed by atoms with Gasteiger partial charge in [-0.15, -0.1) is 0 Å². The fraction of sp³-hybridized carbons (Fsp3) is 0.176. The molecule has 0 spiro atoms. The maximum atomic E-state index is 12.5. The first kappa shape index (κ1) is 19.2. The first-order valence-corrected chi connectivity index (χ1v) is 8.19. The SMILES string of the molecule is O=C(COC(=O)Cc1ccc(C(F)(F)F)cc1)Nc1ccc(I)cc1. The molecule has 0 aromatic heterocycles. The number of esters is 1.